The number of rotatable bonds is 9. The highest BCUT2D eigenvalue weighted by Crippen LogP contribution is 2.45. The maximum absolute atomic E-state index is 6.41. The molecule has 7 heterocycles. The van der Waals surface area contributed by atoms with Gasteiger partial charge >= 0.3 is 0 Å². The lowest BCUT2D eigenvalue weighted by Gasteiger charge is -2.14. The molecule has 0 saturated heterocycles. The summed E-state index contributed by atoms with van der Waals surface area (Å²) in [5.74, 6) is 0.654. The Morgan fingerprint density at radius 3 is 0.873 bits per heavy atom. The first kappa shape index (κ1) is 64.6. The van der Waals surface area contributed by atoms with E-state index in [1.165, 1.54) is 32.3 Å². The molecule has 0 aliphatic carbocycles. The molecule has 0 aliphatic heterocycles. The molecule has 0 amide bonds. The van der Waals surface area contributed by atoms with Crippen LogP contribution in [0, 0.1) is 0 Å². The topological polar surface area (TPSA) is 80.0 Å². The Labute approximate surface area is 673 Å². The predicted molar refractivity (Wildman–Crippen MR) is 490 cm³/mol. The molecule has 19 aromatic carbocycles. The monoisotopic (exact) mass is 1500 g/mol. The Balaban J connectivity index is 0.582. The molecule has 0 bridgehead atoms. The van der Waals surface area contributed by atoms with Crippen molar-refractivity contribution in [3.8, 4) is 84.2 Å². The zero-order chi connectivity index (χ0) is 77.0. The van der Waals surface area contributed by atoms with Gasteiger partial charge in [0.1, 0.15) is 33.5 Å². The van der Waals surface area contributed by atoms with Gasteiger partial charge in [-0.2, -0.15) is 0 Å². The first-order chi connectivity index (χ1) is 58.4. The molecule has 8 nitrogen and oxygen atoms in total. The van der Waals surface area contributed by atoms with Crippen LogP contribution in [0.1, 0.15) is 0 Å². The molecule has 118 heavy (non-hydrogen) atoms. The number of hydrogen-bond donors (Lipinski definition) is 0. The van der Waals surface area contributed by atoms with E-state index in [9.17, 15) is 0 Å². The van der Waals surface area contributed by atoms with Crippen molar-refractivity contribution >= 4 is 174 Å². The average Bonchev–Trinajstić information content (AvgIpc) is 1.49. The van der Waals surface area contributed by atoms with Crippen LogP contribution in [-0.2, 0) is 0 Å². The van der Waals surface area contributed by atoms with Gasteiger partial charge in [0.05, 0.1) is 44.3 Å². The zero-order valence-corrected chi connectivity index (χ0v) is 63.3. The maximum atomic E-state index is 6.41. The number of nitrogens with zero attached hydrogens (tertiary/aromatic N) is 5. The van der Waals surface area contributed by atoms with Gasteiger partial charge in [-0.3, -0.25) is 0 Å². The maximum Gasteiger partial charge on any atom is 0.160 e. The quantitative estimate of drug-likeness (QED) is 0.144. The molecule has 8 heteroatoms. The fourth-order valence-electron chi connectivity index (χ4n) is 19.2. The van der Waals surface area contributed by atoms with E-state index in [-0.39, 0.29) is 0 Å². The second kappa shape index (κ2) is 24.8. The van der Waals surface area contributed by atoms with Gasteiger partial charge < -0.3 is 27.0 Å². The first-order valence-electron chi connectivity index (χ1n) is 40.2. The standard InChI is InChI=1S/C110H63N5O3/c1-7-19-97-83(13-1)86-44-34-72(75-37-47-92-89-16-4-10-22-103(89)116-106(92)61-75)58-100(86)113(97)80-41-31-65-51-64(25-26-68(65)54-80)71-40-50-96-95(57-71)109(78-29-27-69-55-81(42-32-66(69)52-78)114-98-20-8-2-14-84(98)87-45-35-73(59-101(87)114)76-38-48-93-90-17-5-11-23-104(90)117-107(93)62-76)112-110(111-96)79-30-28-70-56-82(43-33-67(70)53-79)115-99-21-9-3-15-85(99)88-46-36-74(60-102(88)115)77-39-49-94-91-18-6-12-24-105(91)118-108(94)63-77/h1-63H. The van der Waals surface area contributed by atoms with Gasteiger partial charge in [-0.25, -0.2) is 9.97 Å². The number of fused-ring (bicyclic) bond motifs is 22. The Hall–Kier alpha value is -15.9. The summed E-state index contributed by atoms with van der Waals surface area (Å²) in [5, 5.41) is 21.6. The van der Waals surface area contributed by atoms with Crippen molar-refractivity contribution < 1.29 is 13.3 Å². The van der Waals surface area contributed by atoms with Crippen LogP contribution in [0.2, 0.25) is 0 Å². The summed E-state index contributed by atoms with van der Waals surface area (Å²) in [7, 11) is 0. The zero-order valence-electron chi connectivity index (χ0n) is 63.3. The van der Waals surface area contributed by atoms with Crippen molar-refractivity contribution in [2.75, 3.05) is 0 Å². The third kappa shape index (κ3) is 9.90. The van der Waals surface area contributed by atoms with E-state index in [0.717, 1.165) is 221 Å². The number of hydrogen-bond acceptors (Lipinski definition) is 5. The molecular weight excluding hydrogens is 1440 g/mol. The van der Waals surface area contributed by atoms with Gasteiger partial charge in [0.15, 0.2) is 5.82 Å². The van der Waals surface area contributed by atoms with Crippen molar-refractivity contribution in [3.05, 3.63) is 382 Å². The molecule has 26 aromatic rings. The molecule has 0 N–H and O–H groups in total. The number of benzene rings is 19. The molecule has 0 aliphatic rings. The van der Waals surface area contributed by atoms with Crippen LogP contribution in [0.15, 0.2) is 395 Å². The van der Waals surface area contributed by atoms with Crippen LogP contribution in [0.4, 0.5) is 0 Å². The summed E-state index contributed by atoms with van der Waals surface area (Å²) in [6.45, 7) is 0. The van der Waals surface area contributed by atoms with E-state index in [1.54, 1.807) is 0 Å². The molecule has 7 aromatic heterocycles. The molecule has 26 rings (SSSR count). The second-order valence-electron chi connectivity index (χ2n) is 31.5. The van der Waals surface area contributed by atoms with Crippen LogP contribution in [0.25, 0.3) is 259 Å². The van der Waals surface area contributed by atoms with Crippen molar-refractivity contribution in [2.24, 2.45) is 0 Å². The van der Waals surface area contributed by atoms with Crippen LogP contribution in [0.3, 0.4) is 0 Å². The normalized spacial score (nSPS) is 12.2. The lowest BCUT2D eigenvalue weighted by Crippen LogP contribution is -1.97. The fraction of sp³-hybridized carbons (Fsp3) is 0. The smallest absolute Gasteiger partial charge is 0.160 e. The highest BCUT2D eigenvalue weighted by molar-refractivity contribution is 6.16. The fourth-order valence-corrected chi connectivity index (χ4v) is 19.2. The van der Waals surface area contributed by atoms with Crippen LogP contribution < -0.4 is 0 Å². The lowest BCUT2D eigenvalue weighted by molar-refractivity contribution is 0.668. The molecule has 0 fully saturated rings. The molecule has 0 atom stereocenters. The van der Waals surface area contributed by atoms with E-state index in [1.807, 2.05) is 36.4 Å². The Morgan fingerprint density at radius 2 is 0.449 bits per heavy atom. The van der Waals surface area contributed by atoms with Crippen LogP contribution >= 0.6 is 0 Å². The molecular formula is C110H63N5O3. The molecule has 546 valence electrons. The summed E-state index contributed by atoms with van der Waals surface area (Å²) in [5.41, 5.74) is 28.0. The van der Waals surface area contributed by atoms with E-state index in [0.29, 0.717) is 5.82 Å². The molecule has 0 radical (unpaired) electrons. The van der Waals surface area contributed by atoms with Crippen molar-refractivity contribution in [1.82, 2.24) is 23.7 Å². The number of para-hydroxylation sites is 6. The summed E-state index contributed by atoms with van der Waals surface area (Å²) in [6, 6.07) is 139. The van der Waals surface area contributed by atoms with E-state index in [4.69, 9.17) is 23.2 Å². The van der Waals surface area contributed by atoms with Gasteiger partial charge in [-0.05, 0) is 235 Å². The van der Waals surface area contributed by atoms with Gasteiger partial charge in [0.25, 0.3) is 0 Å². The van der Waals surface area contributed by atoms with Crippen molar-refractivity contribution in [1.29, 1.82) is 0 Å². The van der Waals surface area contributed by atoms with Gasteiger partial charge in [0.2, 0.25) is 0 Å². The molecule has 0 saturated carbocycles. The highest BCUT2D eigenvalue weighted by Gasteiger charge is 2.23. The van der Waals surface area contributed by atoms with Crippen molar-refractivity contribution in [3.63, 3.8) is 0 Å². The van der Waals surface area contributed by atoms with Crippen LogP contribution in [-0.4, -0.2) is 23.7 Å². The van der Waals surface area contributed by atoms with Gasteiger partial charge in [-0.15, -0.1) is 0 Å². The largest absolute Gasteiger partial charge is 0.456 e. The Morgan fingerprint density at radius 1 is 0.169 bits per heavy atom. The Kier molecular flexibility index (Phi) is 13.6. The first-order valence-corrected chi connectivity index (χ1v) is 40.2. The number of furan rings is 3. The average molecular weight is 1500 g/mol. The predicted octanol–water partition coefficient (Wildman–Crippen LogP) is 30.1. The number of aromatic nitrogens is 5. The SMILES string of the molecule is c1ccc2c(c1)oc1cc(-c3ccc4c5ccccc5n(-c5ccc6cc(-c7ccc8nc(-c9ccc%10cc(-n%11c%12ccccc%12c%12ccc(-c%13ccc%14c(c%13)oc%13ccccc%13%14)cc%12%11)ccc%10c9)nc(-c9ccc%10cc(-n%11c%12ccccc%12c%12ccc(-c%13ccc%14c(c%13)oc%13ccccc%13%14)cc%12%11)ccc%10c9)c8c7)ccc6c5)c4c3)ccc12. The molecule has 0 unspecified atom stereocenters. The van der Waals surface area contributed by atoms with E-state index in [2.05, 4.69) is 359 Å². The third-order valence-corrected chi connectivity index (χ3v) is 25.0. The van der Waals surface area contributed by atoms with Crippen LogP contribution in [0.5, 0.6) is 0 Å². The Bertz CT molecular complexity index is 8860. The summed E-state index contributed by atoms with van der Waals surface area (Å²) in [4.78, 5) is 11.2. The summed E-state index contributed by atoms with van der Waals surface area (Å²) in [6.07, 6.45) is 0. The minimum Gasteiger partial charge on any atom is -0.456 e. The minimum absolute atomic E-state index is 0.654. The summed E-state index contributed by atoms with van der Waals surface area (Å²) >= 11 is 0. The van der Waals surface area contributed by atoms with Crippen molar-refractivity contribution in [2.45, 2.75) is 0 Å². The lowest BCUT2D eigenvalue weighted by atomic mass is 9.96. The van der Waals surface area contributed by atoms with Gasteiger partial charge in [0, 0.05) is 98.2 Å². The minimum atomic E-state index is 0.654. The van der Waals surface area contributed by atoms with Gasteiger partial charge in [-0.1, -0.05) is 224 Å². The highest BCUT2D eigenvalue weighted by atomic mass is 16.3. The van der Waals surface area contributed by atoms with E-state index < -0.39 is 0 Å². The molecule has 0 spiro atoms. The summed E-state index contributed by atoms with van der Waals surface area (Å²) < 4.78 is 26.4. The third-order valence-electron chi connectivity index (χ3n) is 25.0. The van der Waals surface area contributed by atoms with E-state index >= 15 is 0 Å². The second-order valence-corrected chi connectivity index (χ2v) is 31.5.